The predicted molar refractivity (Wildman–Crippen MR) is 129 cm³/mol. The Kier molecular flexibility index (Phi) is 7.04. The Morgan fingerprint density at radius 2 is 1.88 bits per heavy atom. The molecule has 0 saturated carbocycles. The Hall–Kier alpha value is -3.17. The van der Waals surface area contributed by atoms with Gasteiger partial charge in [-0.2, -0.15) is 13.2 Å². The molecule has 5 nitrogen and oxygen atoms in total. The summed E-state index contributed by atoms with van der Waals surface area (Å²) in [6, 6.07) is 16.7. The molecule has 34 heavy (non-hydrogen) atoms. The van der Waals surface area contributed by atoms with Crippen molar-refractivity contribution in [3.8, 4) is 0 Å². The number of carbonyl (C=O) groups excluding carboxylic acids is 1. The number of aromatic nitrogens is 1. The lowest BCUT2D eigenvalue weighted by molar-refractivity contribution is -0.0328. The lowest BCUT2D eigenvalue weighted by atomic mass is 10.2. The summed E-state index contributed by atoms with van der Waals surface area (Å²) in [5, 5.41) is 3.13. The number of thioether (sulfide) groups is 1. The van der Waals surface area contributed by atoms with Gasteiger partial charge in [0, 0.05) is 35.2 Å². The number of anilines is 2. The lowest BCUT2D eigenvalue weighted by Gasteiger charge is -2.23. The number of rotatable bonds is 6. The molecule has 2 heterocycles. The number of halogens is 4. The number of hydrogen-bond acceptors (Lipinski definition) is 5. The fraction of sp³-hybridized carbons (Fsp3) is 0.167. The van der Waals surface area contributed by atoms with Crippen LogP contribution in [0.1, 0.15) is 22.8 Å². The number of nitrogens with zero attached hydrogens (tertiary/aromatic N) is 3. The van der Waals surface area contributed by atoms with E-state index in [0.717, 1.165) is 16.9 Å². The molecule has 0 saturated heterocycles. The lowest BCUT2D eigenvalue weighted by Crippen LogP contribution is -2.26. The number of amides is 1. The average Bonchev–Trinajstić information content (AvgIpc) is 3.14. The molecule has 1 aromatic heterocycles. The van der Waals surface area contributed by atoms with Crippen LogP contribution in [0.15, 0.2) is 83.7 Å². The topological polar surface area (TPSA) is 48.5 Å². The van der Waals surface area contributed by atoms with Gasteiger partial charge in [0.2, 0.25) is 0 Å². The van der Waals surface area contributed by atoms with Crippen LogP contribution in [0, 0.1) is 0 Å². The van der Waals surface area contributed by atoms with Crippen molar-refractivity contribution >= 4 is 40.8 Å². The first kappa shape index (κ1) is 24.0. The maximum Gasteiger partial charge on any atom is 0.446 e. The molecule has 2 aromatic carbocycles. The molecule has 0 spiro atoms. The van der Waals surface area contributed by atoms with Gasteiger partial charge in [0.25, 0.3) is 5.91 Å². The van der Waals surface area contributed by atoms with Crippen molar-refractivity contribution in [1.29, 1.82) is 0 Å². The molecule has 10 heteroatoms. The maximum atomic E-state index is 12.6. The van der Waals surface area contributed by atoms with E-state index in [2.05, 4.69) is 15.2 Å². The highest BCUT2D eigenvalue weighted by molar-refractivity contribution is 8.00. The van der Waals surface area contributed by atoms with Crippen LogP contribution in [0.5, 0.6) is 0 Å². The van der Waals surface area contributed by atoms with E-state index in [9.17, 15) is 18.0 Å². The Balaban J connectivity index is 1.40. The average molecular weight is 505 g/mol. The number of alkyl halides is 3. The third kappa shape index (κ3) is 6.03. The smallest absolute Gasteiger partial charge is 0.351 e. The van der Waals surface area contributed by atoms with Gasteiger partial charge in [-0.3, -0.25) is 4.79 Å². The fourth-order valence-electron chi connectivity index (χ4n) is 3.50. The molecule has 4 rings (SSSR count). The van der Waals surface area contributed by atoms with Crippen LogP contribution in [0.2, 0.25) is 5.02 Å². The highest BCUT2D eigenvalue weighted by atomic mass is 35.5. The Morgan fingerprint density at radius 1 is 1.15 bits per heavy atom. The van der Waals surface area contributed by atoms with E-state index in [4.69, 9.17) is 11.6 Å². The number of hydrogen-bond donors (Lipinski definition) is 1. The molecular weight excluding hydrogens is 485 g/mol. The predicted octanol–water partition coefficient (Wildman–Crippen LogP) is 6.74. The molecule has 176 valence electrons. The molecule has 0 bridgehead atoms. The molecule has 0 fully saturated rings. The molecule has 0 aliphatic carbocycles. The quantitative estimate of drug-likeness (QED) is 0.377. The van der Waals surface area contributed by atoms with Crippen LogP contribution >= 0.6 is 23.4 Å². The van der Waals surface area contributed by atoms with Crippen molar-refractivity contribution < 1.29 is 18.0 Å². The highest BCUT2D eigenvalue weighted by Crippen LogP contribution is 2.37. The van der Waals surface area contributed by atoms with Gasteiger partial charge in [0.15, 0.2) is 0 Å². The summed E-state index contributed by atoms with van der Waals surface area (Å²) in [7, 11) is 0. The highest BCUT2D eigenvalue weighted by Gasteiger charge is 2.29. The summed E-state index contributed by atoms with van der Waals surface area (Å²) in [6.45, 7) is 3.08. The van der Waals surface area contributed by atoms with Gasteiger partial charge in [0.05, 0.1) is 17.3 Å². The molecule has 0 atom stereocenters. The summed E-state index contributed by atoms with van der Waals surface area (Å²) >= 11 is 5.97. The maximum absolute atomic E-state index is 12.6. The molecule has 0 unspecified atom stereocenters. The van der Waals surface area contributed by atoms with Crippen LogP contribution in [0.25, 0.3) is 0 Å². The van der Waals surface area contributed by atoms with Gasteiger partial charge in [-0.05, 0) is 72.8 Å². The second-order valence-electron chi connectivity index (χ2n) is 7.60. The van der Waals surface area contributed by atoms with Crippen LogP contribution in [0.4, 0.5) is 24.7 Å². The number of nitrogens with one attached hydrogen (secondary N) is 1. The monoisotopic (exact) mass is 504 g/mol. The Bertz CT molecular complexity index is 1220. The number of pyridine rings is 1. The Labute approximate surface area is 204 Å². The zero-order chi connectivity index (χ0) is 24.3. The molecule has 0 radical (unpaired) electrons. The van der Waals surface area contributed by atoms with Gasteiger partial charge in [0.1, 0.15) is 5.82 Å². The van der Waals surface area contributed by atoms with Crippen molar-refractivity contribution in [3.63, 3.8) is 0 Å². The summed E-state index contributed by atoms with van der Waals surface area (Å²) in [5.41, 5.74) is -1.19. The third-order valence-corrected chi connectivity index (χ3v) is 6.19. The van der Waals surface area contributed by atoms with Crippen LogP contribution < -0.4 is 10.2 Å². The van der Waals surface area contributed by atoms with Crippen molar-refractivity contribution in [2.75, 3.05) is 16.9 Å². The zero-order valence-corrected chi connectivity index (χ0v) is 19.6. The van der Waals surface area contributed by atoms with E-state index in [1.165, 1.54) is 12.1 Å². The number of allylic oxidation sites excluding steroid dienone is 1. The van der Waals surface area contributed by atoms with Gasteiger partial charge in [-0.25, -0.2) is 4.98 Å². The largest absolute Gasteiger partial charge is 0.446 e. The van der Waals surface area contributed by atoms with Crippen LogP contribution in [-0.2, 0) is 6.54 Å². The minimum atomic E-state index is -4.31. The zero-order valence-electron chi connectivity index (χ0n) is 18.0. The van der Waals surface area contributed by atoms with Gasteiger partial charge >= 0.3 is 5.51 Å². The number of benzene rings is 2. The molecular formula is C24H20ClF3N4OS. The van der Waals surface area contributed by atoms with Crippen molar-refractivity contribution in [2.24, 2.45) is 0 Å². The standard InChI is InChI=1S/C24H20ClF3N4OS/c1-16-13-32(18-6-8-19(9-7-18)34-24(26,27)28)15-31(16)14-17-10-11-29-22(12-17)30-23(33)20-4-2-3-5-21(20)25/h2-13H,14-15H2,1H3,(H,29,30,33). The molecule has 1 amide bonds. The first-order chi connectivity index (χ1) is 16.2. The second kappa shape index (κ2) is 9.99. The van der Waals surface area contributed by atoms with Gasteiger partial charge < -0.3 is 15.1 Å². The number of carbonyl (C=O) groups is 1. The van der Waals surface area contributed by atoms with Crippen molar-refractivity contribution in [3.05, 3.63) is 94.9 Å². The fourth-order valence-corrected chi connectivity index (χ4v) is 4.27. The summed E-state index contributed by atoms with van der Waals surface area (Å²) in [4.78, 5) is 21.0. The minimum absolute atomic E-state index is 0.128. The summed E-state index contributed by atoms with van der Waals surface area (Å²) in [6.07, 6.45) is 3.58. The van der Waals surface area contributed by atoms with E-state index in [0.29, 0.717) is 29.6 Å². The minimum Gasteiger partial charge on any atom is -0.351 e. The third-order valence-electron chi connectivity index (χ3n) is 5.12. The van der Waals surface area contributed by atoms with E-state index < -0.39 is 5.51 Å². The SMILES string of the molecule is CC1=CN(c2ccc(SC(F)(F)F)cc2)CN1Cc1ccnc(NC(=O)c2ccccc2Cl)c1. The van der Waals surface area contributed by atoms with Crippen molar-refractivity contribution in [2.45, 2.75) is 23.9 Å². The summed E-state index contributed by atoms with van der Waals surface area (Å²) < 4.78 is 37.7. The molecule has 1 N–H and O–H groups in total. The first-order valence-corrected chi connectivity index (χ1v) is 11.4. The van der Waals surface area contributed by atoms with Crippen LogP contribution in [0.3, 0.4) is 0 Å². The van der Waals surface area contributed by atoms with Gasteiger partial charge in [-0.15, -0.1) is 0 Å². The van der Waals surface area contributed by atoms with E-state index >= 15 is 0 Å². The molecule has 1 aliphatic rings. The first-order valence-electron chi connectivity index (χ1n) is 10.2. The van der Waals surface area contributed by atoms with E-state index in [1.807, 2.05) is 24.1 Å². The van der Waals surface area contributed by atoms with E-state index in [-0.39, 0.29) is 22.6 Å². The molecule has 3 aromatic rings. The Morgan fingerprint density at radius 3 is 2.59 bits per heavy atom. The van der Waals surface area contributed by atoms with E-state index in [1.54, 1.807) is 48.7 Å². The second-order valence-corrected chi connectivity index (χ2v) is 9.15. The van der Waals surface area contributed by atoms with Gasteiger partial charge in [-0.1, -0.05) is 23.7 Å². The normalized spacial score (nSPS) is 13.7. The molecule has 1 aliphatic heterocycles. The van der Waals surface area contributed by atoms with Crippen molar-refractivity contribution in [1.82, 2.24) is 9.88 Å². The van der Waals surface area contributed by atoms with Crippen LogP contribution in [-0.4, -0.2) is 28.0 Å². The summed E-state index contributed by atoms with van der Waals surface area (Å²) in [5.74, 6) is 0.0728.